The van der Waals surface area contributed by atoms with Gasteiger partial charge < -0.3 is 16.2 Å². The minimum absolute atomic E-state index is 0.150. The minimum Gasteiger partial charge on any atom is -0.491 e. The van der Waals surface area contributed by atoms with Crippen LogP contribution in [0.5, 0.6) is 5.75 Å². The fourth-order valence-electron chi connectivity index (χ4n) is 2.07. The zero-order valence-electron chi connectivity index (χ0n) is 10.9. The Morgan fingerprint density at radius 3 is 2.67 bits per heavy atom. The lowest BCUT2D eigenvalue weighted by molar-refractivity contribution is -0.125. The lowest BCUT2D eigenvalue weighted by atomic mass is 9.95. The van der Waals surface area contributed by atoms with Gasteiger partial charge in [0.25, 0.3) is 0 Å². The van der Waals surface area contributed by atoms with Gasteiger partial charge in [-0.15, -0.1) is 0 Å². The van der Waals surface area contributed by atoms with Crippen molar-refractivity contribution < 1.29 is 9.53 Å². The Morgan fingerprint density at radius 1 is 1.44 bits per heavy atom. The van der Waals surface area contributed by atoms with Crippen LogP contribution >= 0.6 is 0 Å². The number of rotatable bonds is 5. The topological polar surface area (TPSA) is 78.3 Å². The predicted octanol–water partition coefficient (Wildman–Crippen LogP) is 1.28. The van der Waals surface area contributed by atoms with E-state index >= 15 is 0 Å². The second kappa shape index (κ2) is 4.61. The highest BCUT2D eigenvalue weighted by Crippen LogP contribution is 2.38. The number of hydrogen-bond donors (Lipinski definition) is 2. The van der Waals surface area contributed by atoms with Gasteiger partial charge in [0.1, 0.15) is 17.9 Å². The van der Waals surface area contributed by atoms with E-state index in [4.69, 9.17) is 16.2 Å². The summed E-state index contributed by atoms with van der Waals surface area (Å²) < 4.78 is 5.72. The first-order chi connectivity index (χ1) is 8.45. The zero-order chi connectivity index (χ0) is 13.3. The summed E-state index contributed by atoms with van der Waals surface area (Å²) in [7, 11) is 0. The molecule has 1 aromatic carbocycles. The first kappa shape index (κ1) is 12.9. The molecule has 4 nitrogen and oxygen atoms in total. The molecule has 18 heavy (non-hydrogen) atoms. The Labute approximate surface area is 107 Å². The normalized spacial score (nSPS) is 18.2. The molecule has 0 bridgehead atoms. The zero-order valence-corrected chi connectivity index (χ0v) is 10.9. The molecule has 2 rings (SSSR count). The van der Waals surface area contributed by atoms with E-state index in [1.54, 1.807) is 0 Å². The number of primary amides is 1. The van der Waals surface area contributed by atoms with Gasteiger partial charge in [-0.05, 0) is 49.8 Å². The van der Waals surface area contributed by atoms with Crippen LogP contribution in [0, 0.1) is 19.8 Å². The van der Waals surface area contributed by atoms with Crippen molar-refractivity contribution in [2.75, 3.05) is 6.61 Å². The quantitative estimate of drug-likeness (QED) is 0.823. The fraction of sp³-hybridized carbons (Fsp3) is 0.500. The Morgan fingerprint density at radius 2 is 2.11 bits per heavy atom. The smallest absolute Gasteiger partial charge is 0.241 e. The van der Waals surface area contributed by atoms with Gasteiger partial charge in [0, 0.05) is 0 Å². The molecule has 1 aliphatic rings. The lowest BCUT2D eigenvalue weighted by Gasteiger charge is -2.26. The van der Waals surface area contributed by atoms with Gasteiger partial charge >= 0.3 is 0 Å². The molecule has 1 aromatic rings. The highest BCUT2D eigenvalue weighted by molar-refractivity contribution is 5.85. The molecular formula is C14H20N2O2. The van der Waals surface area contributed by atoms with E-state index in [9.17, 15) is 4.79 Å². The van der Waals surface area contributed by atoms with Crippen LogP contribution in [0.3, 0.4) is 0 Å². The first-order valence-corrected chi connectivity index (χ1v) is 6.23. The molecule has 1 aliphatic carbocycles. The molecule has 0 aromatic heterocycles. The van der Waals surface area contributed by atoms with Gasteiger partial charge in [0.2, 0.25) is 5.91 Å². The van der Waals surface area contributed by atoms with E-state index in [-0.39, 0.29) is 12.5 Å². The SMILES string of the molecule is Cc1cccc(OCC(N)(C(N)=O)C2CC2)c1C. The third-order valence-corrected chi connectivity index (χ3v) is 3.79. The molecule has 0 radical (unpaired) electrons. The molecule has 1 saturated carbocycles. The summed E-state index contributed by atoms with van der Waals surface area (Å²) in [6.45, 7) is 4.16. The lowest BCUT2D eigenvalue weighted by Crippen LogP contribution is -2.58. The molecular weight excluding hydrogens is 228 g/mol. The van der Waals surface area contributed by atoms with Crippen LogP contribution < -0.4 is 16.2 Å². The molecule has 0 spiro atoms. The van der Waals surface area contributed by atoms with Crippen molar-refractivity contribution >= 4 is 5.91 Å². The maximum atomic E-state index is 11.5. The summed E-state index contributed by atoms with van der Waals surface area (Å²) >= 11 is 0. The third kappa shape index (κ3) is 2.34. The van der Waals surface area contributed by atoms with E-state index in [0.717, 1.165) is 29.7 Å². The van der Waals surface area contributed by atoms with Crippen molar-refractivity contribution in [1.82, 2.24) is 0 Å². The third-order valence-electron chi connectivity index (χ3n) is 3.79. The Balaban J connectivity index is 2.10. The molecule has 1 fully saturated rings. The molecule has 1 amide bonds. The Bertz CT molecular complexity index is 469. The summed E-state index contributed by atoms with van der Waals surface area (Å²) in [6.07, 6.45) is 1.91. The number of hydrogen-bond acceptors (Lipinski definition) is 3. The van der Waals surface area contributed by atoms with E-state index in [0.29, 0.717) is 0 Å². The predicted molar refractivity (Wildman–Crippen MR) is 70.2 cm³/mol. The van der Waals surface area contributed by atoms with Crippen LogP contribution in [-0.4, -0.2) is 18.1 Å². The molecule has 4 heteroatoms. The van der Waals surface area contributed by atoms with Crippen LogP contribution in [0.2, 0.25) is 0 Å². The summed E-state index contributed by atoms with van der Waals surface area (Å²) in [5, 5.41) is 0. The van der Waals surface area contributed by atoms with Crippen molar-refractivity contribution in [2.45, 2.75) is 32.2 Å². The van der Waals surface area contributed by atoms with E-state index in [1.807, 2.05) is 32.0 Å². The number of carbonyl (C=O) groups is 1. The molecule has 0 saturated heterocycles. The van der Waals surface area contributed by atoms with Crippen molar-refractivity contribution in [3.8, 4) is 5.75 Å². The molecule has 1 unspecified atom stereocenters. The molecule has 1 atom stereocenters. The van der Waals surface area contributed by atoms with E-state index in [1.165, 1.54) is 0 Å². The maximum absolute atomic E-state index is 11.5. The average molecular weight is 248 g/mol. The highest BCUT2D eigenvalue weighted by Gasteiger charge is 2.47. The van der Waals surface area contributed by atoms with Crippen LogP contribution in [0.15, 0.2) is 18.2 Å². The fourth-order valence-corrected chi connectivity index (χ4v) is 2.07. The number of ether oxygens (including phenoxy) is 1. The van der Waals surface area contributed by atoms with Crippen LogP contribution in [0.1, 0.15) is 24.0 Å². The van der Waals surface area contributed by atoms with Crippen molar-refractivity contribution in [3.63, 3.8) is 0 Å². The average Bonchev–Trinajstić information content (AvgIpc) is 3.14. The van der Waals surface area contributed by atoms with Crippen molar-refractivity contribution in [2.24, 2.45) is 17.4 Å². The van der Waals surface area contributed by atoms with E-state index < -0.39 is 11.4 Å². The number of benzene rings is 1. The number of amides is 1. The number of nitrogens with two attached hydrogens (primary N) is 2. The van der Waals surface area contributed by atoms with Crippen LogP contribution in [0.4, 0.5) is 0 Å². The van der Waals surface area contributed by atoms with Gasteiger partial charge in [0.05, 0.1) is 0 Å². The summed E-state index contributed by atoms with van der Waals surface area (Å²) in [5.41, 5.74) is 12.7. The van der Waals surface area contributed by atoms with Gasteiger partial charge in [-0.25, -0.2) is 0 Å². The summed E-state index contributed by atoms with van der Waals surface area (Å²) in [5.74, 6) is 0.460. The minimum atomic E-state index is -1.03. The molecule has 98 valence electrons. The second-order valence-electron chi connectivity index (χ2n) is 5.17. The van der Waals surface area contributed by atoms with Gasteiger partial charge in [0.15, 0.2) is 0 Å². The van der Waals surface area contributed by atoms with Crippen LogP contribution in [-0.2, 0) is 4.79 Å². The Kier molecular flexibility index (Phi) is 3.30. The molecule has 0 aliphatic heterocycles. The highest BCUT2D eigenvalue weighted by atomic mass is 16.5. The maximum Gasteiger partial charge on any atom is 0.241 e. The molecule has 0 heterocycles. The van der Waals surface area contributed by atoms with Crippen LogP contribution in [0.25, 0.3) is 0 Å². The monoisotopic (exact) mass is 248 g/mol. The Hall–Kier alpha value is -1.55. The van der Waals surface area contributed by atoms with Gasteiger partial charge in [-0.1, -0.05) is 12.1 Å². The van der Waals surface area contributed by atoms with Crippen molar-refractivity contribution in [3.05, 3.63) is 29.3 Å². The first-order valence-electron chi connectivity index (χ1n) is 6.23. The van der Waals surface area contributed by atoms with Gasteiger partial charge in [-0.2, -0.15) is 0 Å². The second-order valence-corrected chi connectivity index (χ2v) is 5.17. The number of aryl methyl sites for hydroxylation is 1. The summed E-state index contributed by atoms with van der Waals surface area (Å²) in [6, 6.07) is 5.83. The number of carbonyl (C=O) groups excluding carboxylic acids is 1. The standard InChI is InChI=1S/C14H20N2O2/c1-9-4-3-5-12(10(9)2)18-8-14(16,13(15)17)11-6-7-11/h3-5,11H,6-8,16H2,1-2H3,(H2,15,17). The molecule has 4 N–H and O–H groups in total. The van der Waals surface area contributed by atoms with E-state index in [2.05, 4.69) is 0 Å². The largest absolute Gasteiger partial charge is 0.491 e. The summed E-state index contributed by atoms with van der Waals surface area (Å²) in [4.78, 5) is 11.5. The van der Waals surface area contributed by atoms with Crippen molar-refractivity contribution in [1.29, 1.82) is 0 Å². The van der Waals surface area contributed by atoms with Gasteiger partial charge in [-0.3, -0.25) is 4.79 Å².